The van der Waals surface area contributed by atoms with E-state index in [1.807, 2.05) is 0 Å². The van der Waals surface area contributed by atoms with Crippen LogP contribution in [-0.4, -0.2) is 21.7 Å². The summed E-state index contributed by atoms with van der Waals surface area (Å²) in [4.78, 5) is 12.4. The molecule has 2 saturated carbocycles. The van der Waals surface area contributed by atoms with Crippen LogP contribution >= 0.6 is 15.9 Å². The van der Waals surface area contributed by atoms with Crippen LogP contribution in [0.4, 0.5) is 13.2 Å². The quantitative estimate of drug-likeness (QED) is 0.834. The van der Waals surface area contributed by atoms with Gasteiger partial charge < -0.3 is 5.32 Å². The summed E-state index contributed by atoms with van der Waals surface area (Å²) in [7, 11) is 0. The van der Waals surface area contributed by atoms with E-state index in [1.165, 1.54) is 4.68 Å². The maximum absolute atomic E-state index is 13.1. The lowest BCUT2D eigenvalue weighted by molar-refractivity contribution is -0.142. The SMILES string of the molecule is CC(C(=O)NC1CCCC1)n1nc(C(F)(F)F)c(Br)c1C1CC1. The molecule has 8 heteroatoms. The number of aromatic nitrogens is 2. The van der Waals surface area contributed by atoms with Gasteiger partial charge in [0.15, 0.2) is 5.69 Å². The second kappa shape index (κ2) is 6.11. The van der Waals surface area contributed by atoms with Crippen molar-refractivity contribution in [3.05, 3.63) is 15.9 Å². The van der Waals surface area contributed by atoms with Crippen LogP contribution in [0.2, 0.25) is 0 Å². The zero-order valence-corrected chi connectivity index (χ0v) is 14.4. The number of nitrogens with one attached hydrogen (secondary N) is 1. The smallest absolute Gasteiger partial charge is 0.352 e. The van der Waals surface area contributed by atoms with Crippen molar-refractivity contribution in [2.45, 2.75) is 69.6 Å². The Hall–Kier alpha value is -1.05. The molecular formula is C15H19BrF3N3O. The fourth-order valence-electron chi connectivity index (χ4n) is 3.13. The van der Waals surface area contributed by atoms with E-state index in [-0.39, 0.29) is 22.3 Å². The van der Waals surface area contributed by atoms with Crippen LogP contribution in [0, 0.1) is 0 Å². The molecule has 1 amide bonds. The van der Waals surface area contributed by atoms with Crippen LogP contribution in [-0.2, 0) is 11.0 Å². The fraction of sp³-hybridized carbons (Fsp3) is 0.733. The molecule has 2 fully saturated rings. The Kier molecular flexibility index (Phi) is 4.46. The van der Waals surface area contributed by atoms with E-state index < -0.39 is 17.9 Å². The molecule has 2 aliphatic carbocycles. The summed E-state index contributed by atoms with van der Waals surface area (Å²) in [6.07, 6.45) is 1.16. The third kappa shape index (κ3) is 3.41. The standard InChI is InChI=1S/C15H19BrF3N3O/c1-8(14(23)20-10-4-2-3-5-10)22-12(9-6-7-9)11(16)13(21-22)15(17,18)19/h8-10H,2-7H2,1H3,(H,20,23). The molecule has 2 aliphatic rings. The van der Waals surface area contributed by atoms with Crippen molar-refractivity contribution in [1.82, 2.24) is 15.1 Å². The van der Waals surface area contributed by atoms with E-state index in [0.717, 1.165) is 38.5 Å². The molecule has 0 spiro atoms. The molecule has 1 aromatic heterocycles. The molecule has 23 heavy (non-hydrogen) atoms. The van der Waals surface area contributed by atoms with Crippen molar-refractivity contribution >= 4 is 21.8 Å². The Morgan fingerprint density at radius 1 is 1.30 bits per heavy atom. The van der Waals surface area contributed by atoms with Gasteiger partial charge in [0.2, 0.25) is 5.91 Å². The number of halogens is 4. The van der Waals surface area contributed by atoms with Gasteiger partial charge in [0.25, 0.3) is 0 Å². The summed E-state index contributed by atoms with van der Waals surface area (Å²) in [6, 6.07) is -0.617. The van der Waals surface area contributed by atoms with Crippen molar-refractivity contribution in [3.63, 3.8) is 0 Å². The average molecular weight is 394 g/mol. The molecule has 0 bridgehead atoms. The lowest BCUT2D eigenvalue weighted by Crippen LogP contribution is -2.38. The van der Waals surface area contributed by atoms with Gasteiger partial charge in [-0.25, -0.2) is 0 Å². The molecular weight excluding hydrogens is 375 g/mol. The summed E-state index contributed by atoms with van der Waals surface area (Å²) in [5, 5.41) is 6.66. The van der Waals surface area contributed by atoms with Gasteiger partial charge in [-0.15, -0.1) is 0 Å². The van der Waals surface area contributed by atoms with E-state index in [1.54, 1.807) is 6.92 Å². The van der Waals surface area contributed by atoms with Gasteiger partial charge in [0.1, 0.15) is 6.04 Å². The molecule has 0 aromatic carbocycles. The molecule has 1 aromatic rings. The minimum atomic E-state index is -4.53. The van der Waals surface area contributed by atoms with Crippen LogP contribution < -0.4 is 5.32 Å². The fourth-order valence-corrected chi connectivity index (χ4v) is 3.94. The van der Waals surface area contributed by atoms with Crippen LogP contribution in [0.25, 0.3) is 0 Å². The molecule has 3 rings (SSSR count). The van der Waals surface area contributed by atoms with Gasteiger partial charge in [-0.3, -0.25) is 9.48 Å². The predicted octanol–water partition coefficient (Wildman–Crippen LogP) is 4.16. The number of nitrogens with zero attached hydrogens (tertiary/aromatic N) is 2. The molecule has 1 N–H and O–H groups in total. The summed E-state index contributed by atoms with van der Waals surface area (Å²) in [6.45, 7) is 1.61. The Labute approximate surface area is 140 Å². The van der Waals surface area contributed by atoms with Gasteiger partial charge in [0, 0.05) is 12.0 Å². The Morgan fingerprint density at radius 2 is 1.91 bits per heavy atom. The Bertz CT molecular complexity index is 604. The van der Waals surface area contributed by atoms with E-state index in [4.69, 9.17) is 0 Å². The van der Waals surface area contributed by atoms with Gasteiger partial charge in [-0.1, -0.05) is 12.8 Å². The third-order valence-corrected chi connectivity index (χ3v) is 5.35. The molecule has 1 heterocycles. The molecule has 1 unspecified atom stereocenters. The lowest BCUT2D eigenvalue weighted by Gasteiger charge is -2.19. The predicted molar refractivity (Wildman–Crippen MR) is 82.0 cm³/mol. The first-order valence-electron chi connectivity index (χ1n) is 7.94. The maximum atomic E-state index is 13.1. The van der Waals surface area contributed by atoms with Gasteiger partial charge in [-0.2, -0.15) is 18.3 Å². The van der Waals surface area contributed by atoms with Crippen molar-refractivity contribution in [3.8, 4) is 0 Å². The Morgan fingerprint density at radius 3 is 2.43 bits per heavy atom. The molecule has 0 saturated heterocycles. The van der Waals surface area contributed by atoms with E-state index in [0.29, 0.717) is 5.69 Å². The topological polar surface area (TPSA) is 46.9 Å². The number of carbonyl (C=O) groups excluding carboxylic acids is 1. The normalized spacial score (nSPS) is 20.7. The number of amides is 1. The summed E-state index contributed by atoms with van der Waals surface area (Å²) in [5.41, 5.74) is -0.452. The molecule has 1 atom stereocenters. The minimum Gasteiger partial charge on any atom is -0.352 e. The van der Waals surface area contributed by atoms with Gasteiger partial charge >= 0.3 is 6.18 Å². The van der Waals surface area contributed by atoms with E-state index >= 15 is 0 Å². The Balaban J connectivity index is 1.86. The van der Waals surface area contributed by atoms with E-state index in [9.17, 15) is 18.0 Å². The second-order valence-electron chi connectivity index (χ2n) is 6.43. The zero-order chi connectivity index (χ0) is 16.8. The van der Waals surface area contributed by atoms with Crippen LogP contribution in [0.5, 0.6) is 0 Å². The summed E-state index contributed by atoms with van der Waals surface area (Å²) < 4.78 is 40.6. The summed E-state index contributed by atoms with van der Waals surface area (Å²) >= 11 is 3.05. The number of alkyl halides is 3. The minimum absolute atomic E-state index is 0.0204. The number of rotatable bonds is 4. The van der Waals surface area contributed by atoms with Crippen LogP contribution in [0.3, 0.4) is 0 Å². The van der Waals surface area contributed by atoms with Crippen molar-refractivity contribution in [1.29, 1.82) is 0 Å². The highest BCUT2D eigenvalue weighted by molar-refractivity contribution is 9.10. The highest BCUT2D eigenvalue weighted by atomic mass is 79.9. The third-order valence-electron chi connectivity index (χ3n) is 4.57. The molecule has 4 nitrogen and oxygen atoms in total. The molecule has 0 aliphatic heterocycles. The van der Waals surface area contributed by atoms with Gasteiger partial charge in [0.05, 0.1) is 10.2 Å². The highest BCUT2D eigenvalue weighted by Gasteiger charge is 2.43. The largest absolute Gasteiger partial charge is 0.436 e. The molecule has 128 valence electrons. The zero-order valence-electron chi connectivity index (χ0n) is 12.8. The van der Waals surface area contributed by atoms with Crippen molar-refractivity contribution in [2.75, 3.05) is 0 Å². The first-order valence-corrected chi connectivity index (χ1v) is 8.73. The van der Waals surface area contributed by atoms with Crippen molar-refractivity contribution in [2.24, 2.45) is 0 Å². The number of hydrogen-bond acceptors (Lipinski definition) is 2. The lowest BCUT2D eigenvalue weighted by atomic mass is 10.2. The summed E-state index contributed by atoms with van der Waals surface area (Å²) in [5.74, 6) is -0.211. The number of hydrogen-bond donors (Lipinski definition) is 1. The second-order valence-corrected chi connectivity index (χ2v) is 7.22. The first kappa shape index (κ1) is 16.8. The first-order chi connectivity index (χ1) is 10.8. The maximum Gasteiger partial charge on any atom is 0.436 e. The van der Waals surface area contributed by atoms with Crippen LogP contribution in [0.15, 0.2) is 4.47 Å². The van der Waals surface area contributed by atoms with Crippen molar-refractivity contribution < 1.29 is 18.0 Å². The average Bonchev–Trinajstić information content (AvgIpc) is 3.04. The van der Waals surface area contributed by atoms with E-state index in [2.05, 4.69) is 26.3 Å². The highest BCUT2D eigenvalue weighted by Crippen LogP contribution is 2.47. The van der Waals surface area contributed by atoms with Gasteiger partial charge in [-0.05, 0) is 48.5 Å². The van der Waals surface area contributed by atoms with Crippen LogP contribution in [0.1, 0.15) is 68.8 Å². The number of carbonyl (C=O) groups is 1. The molecule has 0 radical (unpaired) electrons. The monoisotopic (exact) mass is 393 g/mol.